The molecule has 0 aromatic heterocycles. The zero-order valence-corrected chi connectivity index (χ0v) is 11.2. The lowest BCUT2D eigenvalue weighted by Crippen LogP contribution is -2.37. The molecule has 100 valence electrons. The lowest BCUT2D eigenvalue weighted by atomic mass is 10.0. The minimum Gasteiger partial charge on any atom is -0.481 e. The van der Waals surface area contributed by atoms with E-state index in [1.807, 2.05) is 0 Å². The Morgan fingerprint density at radius 3 is 2.35 bits per heavy atom. The van der Waals surface area contributed by atoms with Crippen LogP contribution in [0.5, 0.6) is 0 Å². The number of unbranched alkanes of at least 4 members (excludes halogenated alkanes) is 2. The van der Waals surface area contributed by atoms with Gasteiger partial charge in [-0.2, -0.15) is 0 Å². The Morgan fingerprint density at radius 2 is 1.82 bits per heavy atom. The minimum atomic E-state index is -0.643. The van der Waals surface area contributed by atoms with Crippen molar-refractivity contribution >= 4 is 5.97 Å². The van der Waals surface area contributed by atoms with E-state index < -0.39 is 5.97 Å². The normalized spacial score (nSPS) is 19.8. The van der Waals surface area contributed by atoms with Crippen LogP contribution in [0.4, 0.5) is 0 Å². The van der Waals surface area contributed by atoms with Gasteiger partial charge in [0.2, 0.25) is 0 Å². The number of hydrogen-bond acceptors (Lipinski definition) is 2. The summed E-state index contributed by atoms with van der Waals surface area (Å²) in [6.45, 7) is 4.40. The van der Waals surface area contributed by atoms with E-state index >= 15 is 0 Å². The highest BCUT2D eigenvalue weighted by molar-refractivity contribution is 5.67. The minimum absolute atomic E-state index is 0.275. The first kappa shape index (κ1) is 14.5. The van der Waals surface area contributed by atoms with Crippen molar-refractivity contribution in [2.24, 2.45) is 0 Å². The number of likely N-dealkylation sites (tertiary alicyclic amines) is 1. The number of carboxylic acid groups (broad SMARTS) is 1. The van der Waals surface area contributed by atoms with E-state index in [0.29, 0.717) is 6.42 Å². The molecular weight excluding hydrogens is 214 g/mol. The standard InChI is InChI=1S/C14H27NO2/c1-2-3-6-9-13(12-14(16)17)15-10-7-4-5-8-11-15/h13H,2-12H2,1H3,(H,16,17). The average Bonchev–Trinajstić information content (AvgIpc) is 2.56. The zero-order chi connectivity index (χ0) is 12.5. The summed E-state index contributed by atoms with van der Waals surface area (Å²) in [4.78, 5) is 13.4. The highest BCUT2D eigenvalue weighted by Gasteiger charge is 2.21. The summed E-state index contributed by atoms with van der Waals surface area (Å²) in [7, 11) is 0. The average molecular weight is 241 g/mol. The first-order chi connectivity index (χ1) is 8.24. The number of carbonyl (C=O) groups is 1. The van der Waals surface area contributed by atoms with Crippen LogP contribution in [0.1, 0.15) is 64.7 Å². The fraction of sp³-hybridized carbons (Fsp3) is 0.929. The van der Waals surface area contributed by atoms with Gasteiger partial charge >= 0.3 is 5.97 Å². The quantitative estimate of drug-likeness (QED) is 0.695. The van der Waals surface area contributed by atoms with Crippen LogP contribution in [0.25, 0.3) is 0 Å². The lowest BCUT2D eigenvalue weighted by Gasteiger charge is -2.29. The molecule has 0 saturated carbocycles. The van der Waals surface area contributed by atoms with Crippen LogP contribution in [0.2, 0.25) is 0 Å². The van der Waals surface area contributed by atoms with E-state index in [9.17, 15) is 4.79 Å². The van der Waals surface area contributed by atoms with E-state index in [-0.39, 0.29) is 6.04 Å². The Morgan fingerprint density at radius 1 is 1.18 bits per heavy atom. The van der Waals surface area contributed by atoms with Crippen molar-refractivity contribution in [3.05, 3.63) is 0 Å². The number of rotatable bonds is 7. The van der Waals surface area contributed by atoms with Crippen LogP contribution in [0.3, 0.4) is 0 Å². The molecule has 1 saturated heterocycles. The maximum absolute atomic E-state index is 10.9. The molecule has 0 aromatic carbocycles. The maximum atomic E-state index is 10.9. The zero-order valence-electron chi connectivity index (χ0n) is 11.2. The first-order valence-corrected chi connectivity index (χ1v) is 7.20. The Kier molecular flexibility index (Phi) is 7.25. The summed E-state index contributed by atoms with van der Waals surface area (Å²) in [6.07, 6.45) is 10.1. The van der Waals surface area contributed by atoms with Gasteiger partial charge in [-0.3, -0.25) is 9.69 Å². The van der Waals surface area contributed by atoms with E-state index in [4.69, 9.17) is 5.11 Å². The smallest absolute Gasteiger partial charge is 0.304 e. The summed E-state index contributed by atoms with van der Waals surface area (Å²) in [5.41, 5.74) is 0. The molecule has 0 radical (unpaired) electrons. The fourth-order valence-electron chi connectivity index (χ4n) is 2.71. The van der Waals surface area contributed by atoms with E-state index in [1.165, 1.54) is 44.9 Å². The number of aliphatic carboxylic acids is 1. The summed E-state index contributed by atoms with van der Waals surface area (Å²) in [6, 6.07) is 0.275. The van der Waals surface area contributed by atoms with Gasteiger partial charge in [-0.05, 0) is 32.4 Å². The third-order valence-corrected chi connectivity index (χ3v) is 3.71. The Bertz CT molecular complexity index is 210. The molecule has 3 nitrogen and oxygen atoms in total. The first-order valence-electron chi connectivity index (χ1n) is 7.20. The van der Waals surface area contributed by atoms with Crippen molar-refractivity contribution in [3.63, 3.8) is 0 Å². The second-order valence-corrected chi connectivity index (χ2v) is 5.20. The van der Waals surface area contributed by atoms with Gasteiger partial charge in [-0.25, -0.2) is 0 Å². The second kappa shape index (κ2) is 8.51. The van der Waals surface area contributed by atoms with Gasteiger partial charge in [0.25, 0.3) is 0 Å². The van der Waals surface area contributed by atoms with Crippen molar-refractivity contribution in [1.29, 1.82) is 0 Å². The molecule has 1 unspecified atom stereocenters. The van der Waals surface area contributed by atoms with Gasteiger partial charge in [0.15, 0.2) is 0 Å². The predicted molar refractivity (Wildman–Crippen MR) is 70.2 cm³/mol. The molecule has 1 aliphatic rings. The maximum Gasteiger partial charge on any atom is 0.304 e. The molecule has 1 N–H and O–H groups in total. The molecule has 17 heavy (non-hydrogen) atoms. The molecule has 3 heteroatoms. The Hall–Kier alpha value is -0.570. The lowest BCUT2D eigenvalue weighted by molar-refractivity contribution is -0.138. The molecule has 0 spiro atoms. The van der Waals surface area contributed by atoms with Crippen molar-refractivity contribution in [1.82, 2.24) is 4.90 Å². The van der Waals surface area contributed by atoms with E-state index in [0.717, 1.165) is 19.5 Å². The fourth-order valence-corrected chi connectivity index (χ4v) is 2.71. The molecule has 1 atom stereocenters. The van der Waals surface area contributed by atoms with Gasteiger partial charge < -0.3 is 5.11 Å². The van der Waals surface area contributed by atoms with Gasteiger partial charge in [0.1, 0.15) is 0 Å². The van der Waals surface area contributed by atoms with Gasteiger partial charge in [0.05, 0.1) is 6.42 Å². The van der Waals surface area contributed by atoms with Crippen molar-refractivity contribution in [2.75, 3.05) is 13.1 Å². The summed E-state index contributed by atoms with van der Waals surface area (Å²) in [5.74, 6) is -0.643. The summed E-state index contributed by atoms with van der Waals surface area (Å²) in [5, 5.41) is 9.01. The third kappa shape index (κ3) is 6.06. The molecule has 1 rings (SSSR count). The number of carboxylic acids is 1. The van der Waals surface area contributed by atoms with Gasteiger partial charge in [-0.1, -0.05) is 39.0 Å². The molecule has 1 heterocycles. The van der Waals surface area contributed by atoms with Crippen molar-refractivity contribution in [2.45, 2.75) is 70.8 Å². The highest BCUT2D eigenvalue weighted by Crippen LogP contribution is 2.18. The van der Waals surface area contributed by atoms with Crippen LogP contribution in [-0.2, 0) is 4.79 Å². The van der Waals surface area contributed by atoms with Crippen molar-refractivity contribution in [3.8, 4) is 0 Å². The van der Waals surface area contributed by atoms with Crippen LogP contribution >= 0.6 is 0 Å². The van der Waals surface area contributed by atoms with E-state index in [2.05, 4.69) is 11.8 Å². The van der Waals surface area contributed by atoms with Gasteiger partial charge in [0, 0.05) is 6.04 Å². The second-order valence-electron chi connectivity index (χ2n) is 5.20. The summed E-state index contributed by atoms with van der Waals surface area (Å²) >= 11 is 0. The monoisotopic (exact) mass is 241 g/mol. The van der Waals surface area contributed by atoms with Crippen LogP contribution in [0.15, 0.2) is 0 Å². The van der Waals surface area contributed by atoms with Crippen LogP contribution in [0, 0.1) is 0 Å². The topological polar surface area (TPSA) is 40.5 Å². The molecule has 1 fully saturated rings. The Labute approximate surface area is 105 Å². The highest BCUT2D eigenvalue weighted by atomic mass is 16.4. The number of hydrogen-bond donors (Lipinski definition) is 1. The predicted octanol–water partition coefficient (Wildman–Crippen LogP) is 3.29. The molecular formula is C14H27NO2. The van der Waals surface area contributed by atoms with Crippen LogP contribution < -0.4 is 0 Å². The van der Waals surface area contributed by atoms with E-state index in [1.54, 1.807) is 0 Å². The molecule has 0 aliphatic carbocycles. The number of nitrogens with zero attached hydrogens (tertiary/aromatic N) is 1. The molecule has 0 bridgehead atoms. The summed E-state index contributed by atoms with van der Waals surface area (Å²) < 4.78 is 0. The SMILES string of the molecule is CCCCCC(CC(=O)O)N1CCCCCC1. The molecule has 0 aromatic rings. The Balaban J connectivity index is 2.43. The third-order valence-electron chi connectivity index (χ3n) is 3.71. The molecule has 0 amide bonds. The van der Waals surface area contributed by atoms with Crippen LogP contribution in [-0.4, -0.2) is 35.1 Å². The largest absolute Gasteiger partial charge is 0.481 e. The van der Waals surface area contributed by atoms with Crippen molar-refractivity contribution < 1.29 is 9.90 Å². The molecule has 1 aliphatic heterocycles. The van der Waals surface area contributed by atoms with Gasteiger partial charge in [-0.15, -0.1) is 0 Å².